The van der Waals surface area contributed by atoms with Crippen molar-refractivity contribution in [1.29, 1.82) is 0 Å². The summed E-state index contributed by atoms with van der Waals surface area (Å²) in [5, 5.41) is 24.8. The molecule has 0 aliphatic heterocycles. The summed E-state index contributed by atoms with van der Waals surface area (Å²) in [5.41, 5.74) is 2.07. The zero-order valence-electron chi connectivity index (χ0n) is 36.0. The van der Waals surface area contributed by atoms with Crippen LogP contribution in [0.15, 0.2) is 87.4 Å². The Bertz CT molecular complexity index is 1960. The standard InChI is InChI=1S/C8H16O.C5H5N3.C5H6N2O2.2C5H8N2.C3H4ClN3.C3H5N3.C2H4N4.4CH4/c1-6-7(2)9-8(3,4)5;1-6-5-3-8(2)4-7-5;1-7-2-5(6-3-7)9-4-8;2*1-5-3-7(2)4-6-5;1-7-2-3(4)5-6-7;1-6-3-2-4-5-6;1-6-2-3-4-5-6;;;;/h2,6H2,1,3-5H3;3-4H,2H3;2-4H,1H3;2*3-4H,1-2H3;2H,1H3;2-3H,1H3;2H,1H3;4*1H4. The summed E-state index contributed by atoms with van der Waals surface area (Å²) in [4.78, 5) is 28.2. The van der Waals surface area contributed by atoms with Crippen LogP contribution in [0.4, 0.5) is 5.82 Å². The van der Waals surface area contributed by atoms with E-state index in [0.29, 0.717) is 23.3 Å². The second-order valence-corrected chi connectivity index (χ2v) is 13.2. The van der Waals surface area contributed by atoms with Crippen molar-refractivity contribution in [3.8, 4) is 5.88 Å². The van der Waals surface area contributed by atoms with Gasteiger partial charge in [-0.1, -0.05) is 71.8 Å². The molecule has 7 heterocycles. The lowest BCUT2D eigenvalue weighted by Gasteiger charge is -2.21. The molecule has 0 saturated heterocycles. The number of imidazole rings is 4. The fourth-order valence-electron chi connectivity index (χ4n) is 3.34. The Morgan fingerprint density at radius 3 is 1.43 bits per heavy atom. The molecule has 0 bridgehead atoms. The van der Waals surface area contributed by atoms with E-state index in [1.54, 1.807) is 95.9 Å². The van der Waals surface area contributed by atoms with Gasteiger partial charge < -0.3 is 32.6 Å². The summed E-state index contributed by atoms with van der Waals surface area (Å²) in [7, 11) is 12.9. The third kappa shape index (κ3) is 37.7. The molecule has 7 rings (SSSR count). The maximum Gasteiger partial charge on any atom is 0.299 e. The van der Waals surface area contributed by atoms with E-state index in [-0.39, 0.29) is 35.3 Å². The van der Waals surface area contributed by atoms with Crippen LogP contribution >= 0.6 is 11.6 Å². The number of aryl methyl sites for hydroxylation is 9. The molecular weight excluding hydrogens is 830 g/mol. The van der Waals surface area contributed by atoms with Crippen LogP contribution in [0.25, 0.3) is 4.85 Å². The zero-order valence-corrected chi connectivity index (χ0v) is 36.8. The molecule has 0 fully saturated rings. The van der Waals surface area contributed by atoms with E-state index in [2.05, 4.69) is 72.2 Å². The van der Waals surface area contributed by atoms with Crippen molar-refractivity contribution in [3.63, 3.8) is 0 Å². The molecular formula is C40H72ClN19O3. The second kappa shape index (κ2) is 36.8. The molecule has 0 spiro atoms. The van der Waals surface area contributed by atoms with Gasteiger partial charge in [0, 0.05) is 80.5 Å². The van der Waals surface area contributed by atoms with Crippen LogP contribution in [-0.2, 0) is 58.9 Å². The summed E-state index contributed by atoms with van der Waals surface area (Å²) in [6.45, 7) is 22.6. The number of ether oxygens (including phenoxy) is 2. The lowest BCUT2D eigenvalue weighted by Crippen LogP contribution is -2.17. The summed E-state index contributed by atoms with van der Waals surface area (Å²) >= 11 is 5.37. The zero-order chi connectivity index (χ0) is 44.8. The van der Waals surface area contributed by atoms with E-state index in [1.807, 2.05) is 91.3 Å². The highest BCUT2D eigenvalue weighted by Crippen LogP contribution is 2.13. The van der Waals surface area contributed by atoms with Crippen molar-refractivity contribution in [2.75, 3.05) is 0 Å². The number of tetrazole rings is 1. The van der Waals surface area contributed by atoms with Gasteiger partial charge in [-0.3, -0.25) is 14.2 Å². The molecule has 0 unspecified atom stereocenters. The molecule has 0 aliphatic rings. The van der Waals surface area contributed by atoms with E-state index in [9.17, 15) is 4.79 Å². The highest BCUT2D eigenvalue weighted by atomic mass is 35.5. The fourth-order valence-corrected chi connectivity index (χ4v) is 3.52. The molecule has 23 heteroatoms. The number of hydrogen-bond donors (Lipinski definition) is 0. The maximum absolute atomic E-state index is 9.71. The highest BCUT2D eigenvalue weighted by molar-refractivity contribution is 6.29. The molecule has 0 aromatic carbocycles. The third-order valence-corrected chi connectivity index (χ3v) is 5.91. The van der Waals surface area contributed by atoms with E-state index in [4.69, 9.17) is 22.9 Å². The Kier molecular flexibility index (Phi) is 38.0. The molecule has 0 radical (unpaired) electrons. The Morgan fingerprint density at radius 1 is 0.730 bits per heavy atom. The lowest BCUT2D eigenvalue weighted by atomic mass is 10.2. The molecule has 0 saturated carbocycles. The summed E-state index contributed by atoms with van der Waals surface area (Å²) in [6.07, 6.45) is 21.4. The molecule has 22 nitrogen and oxygen atoms in total. The lowest BCUT2D eigenvalue weighted by molar-refractivity contribution is -0.120. The summed E-state index contributed by atoms with van der Waals surface area (Å²) < 4.78 is 21.8. The molecule has 7 aromatic rings. The van der Waals surface area contributed by atoms with Crippen LogP contribution in [0, 0.1) is 20.4 Å². The first-order valence-electron chi connectivity index (χ1n) is 17.4. The van der Waals surface area contributed by atoms with Crippen molar-refractivity contribution >= 4 is 23.9 Å². The third-order valence-electron chi connectivity index (χ3n) is 5.74. The van der Waals surface area contributed by atoms with Gasteiger partial charge >= 0.3 is 0 Å². The van der Waals surface area contributed by atoms with Crippen LogP contribution in [0.5, 0.6) is 5.88 Å². The molecule has 0 N–H and O–H groups in total. The Balaban J connectivity index is -0.000000202. The largest absolute Gasteiger partial charge is 0.493 e. The van der Waals surface area contributed by atoms with Gasteiger partial charge in [-0.2, -0.15) is 0 Å². The predicted octanol–water partition coefficient (Wildman–Crippen LogP) is 7.15. The van der Waals surface area contributed by atoms with Crippen LogP contribution in [0.3, 0.4) is 0 Å². The maximum atomic E-state index is 9.71. The van der Waals surface area contributed by atoms with Gasteiger partial charge in [0.25, 0.3) is 12.3 Å². The molecule has 352 valence electrons. The van der Waals surface area contributed by atoms with Crippen molar-refractivity contribution in [2.24, 2.45) is 49.3 Å². The Hall–Kier alpha value is -7.02. The monoisotopic (exact) mass is 902 g/mol. The summed E-state index contributed by atoms with van der Waals surface area (Å²) in [6, 6.07) is 0. The van der Waals surface area contributed by atoms with Gasteiger partial charge in [-0.25, -0.2) is 19.6 Å². The van der Waals surface area contributed by atoms with E-state index in [1.165, 1.54) is 11.0 Å². The average molecular weight is 903 g/mol. The number of nitrogens with zero attached hydrogens (tertiary/aromatic N) is 19. The quantitative estimate of drug-likeness (QED) is 0.0975. The number of aromatic nitrogens is 18. The van der Waals surface area contributed by atoms with Gasteiger partial charge in [0.1, 0.15) is 11.9 Å². The first-order chi connectivity index (χ1) is 27.8. The average Bonchev–Trinajstić information content (AvgIpc) is 4.03. The number of hydrogen-bond acceptors (Lipinski definition) is 14. The smallest absolute Gasteiger partial charge is 0.299 e. The number of carbonyl (C=O) groups is 1. The normalized spacial score (nSPS) is 8.78. The van der Waals surface area contributed by atoms with Gasteiger partial charge in [0.2, 0.25) is 5.88 Å². The minimum atomic E-state index is -0.0763. The first kappa shape index (κ1) is 65.1. The number of carbonyl (C=O) groups excluding carboxylic acids is 1. The van der Waals surface area contributed by atoms with Crippen molar-refractivity contribution < 1.29 is 14.3 Å². The van der Waals surface area contributed by atoms with Gasteiger partial charge in [0.05, 0.1) is 54.7 Å². The number of rotatable bonds is 4. The molecule has 0 aliphatic carbocycles. The molecule has 0 atom stereocenters. The Labute approximate surface area is 379 Å². The fraction of sp³-hybridized carbons (Fsp3) is 0.475. The van der Waals surface area contributed by atoms with Crippen LogP contribution in [0.1, 0.15) is 75.2 Å². The Morgan fingerprint density at radius 2 is 1.25 bits per heavy atom. The van der Waals surface area contributed by atoms with E-state index < -0.39 is 0 Å². The van der Waals surface area contributed by atoms with Crippen molar-refractivity contribution in [3.05, 3.63) is 115 Å². The van der Waals surface area contributed by atoms with Crippen LogP contribution in [-0.4, -0.2) is 100 Å². The second-order valence-electron chi connectivity index (χ2n) is 12.8. The number of allylic oxidation sites excluding steroid dienone is 1. The molecule has 0 amide bonds. The van der Waals surface area contributed by atoms with Gasteiger partial charge in [-0.05, 0) is 45.0 Å². The summed E-state index contributed by atoms with van der Waals surface area (Å²) in [5.74, 6) is 1.64. The van der Waals surface area contributed by atoms with Crippen molar-refractivity contribution in [2.45, 2.75) is 83.3 Å². The van der Waals surface area contributed by atoms with Crippen LogP contribution in [0.2, 0.25) is 5.15 Å². The SMILES string of the molecule is C.C.C.C.C=C(CC)OC(C)(C)C.Cc1cn(C)cn1.Cc1cn(C)cn1.Cn1cc(Cl)nn1.Cn1ccnn1.Cn1cnc(OC=O)c1.Cn1cnnn1.[C-]#[N+]c1cn(C)cn1. The molecule has 63 heavy (non-hydrogen) atoms. The predicted molar refractivity (Wildman–Crippen MR) is 248 cm³/mol. The van der Waals surface area contributed by atoms with Crippen LogP contribution < -0.4 is 4.74 Å². The van der Waals surface area contributed by atoms with Gasteiger partial charge in [-0.15, -0.1) is 20.3 Å². The van der Waals surface area contributed by atoms with Crippen molar-refractivity contribution in [1.82, 2.24) is 88.4 Å². The van der Waals surface area contributed by atoms with E-state index >= 15 is 0 Å². The minimum absolute atomic E-state index is 0. The van der Waals surface area contributed by atoms with Gasteiger partial charge in [0.15, 0.2) is 11.5 Å². The number of halogens is 1. The first-order valence-corrected chi connectivity index (χ1v) is 17.8. The topological polar surface area (TPSA) is 216 Å². The van der Waals surface area contributed by atoms with E-state index in [0.717, 1.165) is 23.6 Å². The minimum Gasteiger partial charge on any atom is -0.493 e. The highest BCUT2D eigenvalue weighted by Gasteiger charge is 2.10. The molecule has 7 aromatic heterocycles.